The van der Waals surface area contributed by atoms with Crippen molar-refractivity contribution in [2.45, 2.75) is 45.6 Å². The molecule has 1 fully saturated rings. The maximum absolute atomic E-state index is 5.95. The second kappa shape index (κ2) is 7.46. The molecule has 0 aromatic heterocycles. The second-order valence-corrected chi connectivity index (χ2v) is 6.11. The van der Waals surface area contributed by atoms with Gasteiger partial charge in [-0.15, -0.1) is 0 Å². The summed E-state index contributed by atoms with van der Waals surface area (Å²) in [5, 5.41) is 3.16. The van der Waals surface area contributed by atoms with Gasteiger partial charge in [0.1, 0.15) is 0 Å². The first-order valence-electron chi connectivity index (χ1n) is 7.90. The lowest BCUT2D eigenvalue weighted by Gasteiger charge is -2.22. The topological polar surface area (TPSA) is 53.6 Å². The van der Waals surface area contributed by atoms with E-state index in [0.29, 0.717) is 5.96 Å². The van der Waals surface area contributed by atoms with Crippen molar-refractivity contribution in [2.24, 2.45) is 10.7 Å². The normalized spacial score (nSPS) is 16.7. The number of rotatable bonds is 5. The Hall–Kier alpha value is -1.55. The SMILES string of the molecule is Cc1ccc(NC(N)=NCCN(C)C2CCCC2)cc1C. The van der Waals surface area contributed by atoms with Gasteiger partial charge in [-0.25, -0.2) is 0 Å². The molecule has 4 nitrogen and oxygen atoms in total. The fourth-order valence-electron chi connectivity index (χ4n) is 2.86. The smallest absolute Gasteiger partial charge is 0.193 e. The van der Waals surface area contributed by atoms with E-state index in [1.54, 1.807) is 0 Å². The summed E-state index contributed by atoms with van der Waals surface area (Å²) in [5.74, 6) is 0.498. The zero-order valence-corrected chi connectivity index (χ0v) is 13.5. The molecule has 2 rings (SSSR count). The number of hydrogen-bond donors (Lipinski definition) is 2. The quantitative estimate of drug-likeness (QED) is 0.647. The van der Waals surface area contributed by atoms with Crippen LogP contribution in [0.2, 0.25) is 0 Å². The predicted molar refractivity (Wildman–Crippen MR) is 90.9 cm³/mol. The fourth-order valence-corrected chi connectivity index (χ4v) is 2.86. The molecule has 21 heavy (non-hydrogen) atoms. The van der Waals surface area contributed by atoms with Crippen LogP contribution in [0.3, 0.4) is 0 Å². The minimum absolute atomic E-state index is 0.498. The number of hydrogen-bond acceptors (Lipinski definition) is 2. The highest BCUT2D eigenvalue weighted by Gasteiger charge is 2.18. The molecule has 116 valence electrons. The largest absolute Gasteiger partial charge is 0.370 e. The first-order valence-corrected chi connectivity index (χ1v) is 7.90. The van der Waals surface area contributed by atoms with Crippen LogP contribution in [0, 0.1) is 13.8 Å². The molecular formula is C17H28N4. The summed E-state index contributed by atoms with van der Waals surface area (Å²) < 4.78 is 0. The van der Waals surface area contributed by atoms with Crippen molar-refractivity contribution >= 4 is 11.6 Å². The van der Waals surface area contributed by atoms with Crippen molar-refractivity contribution in [3.8, 4) is 0 Å². The van der Waals surface area contributed by atoms with Crippen LogP contribution < -0.4 is 11.1 Å². The van der Waals surface area contributed by atoms with Crippen LogP contribution in [0.15, 0.2) is 23.2 Å². The van der Waals surface area contributed by atoms with E-state index in [0.717, 1.165) is 24.8 Å². The van der Waals surface area contributed by atoms with Crippen molar-refractivity contribution in [1.29, 1.82) is 0 Å². The molecule has 0 heterocycles. The van der Waals surface area contributed by atoms with E-state index in [1.165, 1.54) is 36.8 Å². The molecule has 0 spiro atoms. The Morgan fingerprint density at radius 3 is 2.67 bits per heavy atom. The first-order chi connectivity index (χ1) is 10.1. The van der Waals surface area contributed by atoms with Gasteiger partial charge in [-0.3, -0.25) is 4.99 Å². The summed E-state index contributed by atoms with van der Waals surface area (Å²) >= 11 is 0. The van der Waals surface area contributed by atoms with E-state index in [4.69, 9.17) is 5.73 Å². The molecule has 1 aromatic carbocycles. The molecule has 1 saturated carbocycles. The number of aryl methyl sites for hydroxylation is 2. The number of nitrogens with two attached hydrogens (primary N) is 1. The maximum atomic E-state index is 5.95. The average molecular weight is 288 g/mol. The second-order valence-electron chi connectivity index (χ2n) is 6.11. The molecular weight excluding hydrogens is 260 g/mol. The van der Waals surface area contributed by atoms with E-state index < -0.39 is 0 Å². The minimum atomic E-state index is 0.498. The van der Waals surface area contributed by atoms with Gasteiger partial charge in [0.25, 0.3) is 0 Å². The highest BCUT2D eigenvalue weighted by atomic mass is 15.2. The molecule has 1 aromatic rings. The molecule has 0 unspecified atom stereocenters. The summed E-state index contributed by atoms with van der Waals surface area (Å²) in [7, 11) is 2.19. The van der Waals surface area contributed by atoms with Gasteiger partial charge >= 0.3 is 0 Å². The zero-order valence-electron chi connectivity index (χ0n) is 13.5. The Morgan fingerprint density at radius 1 is 1.29 bits per heavy atom. The Bertz CT molecular complexity index is 490. The van der Waals surface area contributed by atoms with Gasteiger partial charge in [-0.05, 0) is 57.0 Å². The number of nitrogens with one attached hydrogen (secondary N) is 1. The van der Waals surface area contributed by atoms with E-state index in [9.17, 15) is 0 Å². The molecule has 0 saturated heterocycles. The van der Waals surface area contributed by atoms with Crippen LogP contribution in [0.1, 0.15) is 36.8 Å². The van der Waals surface area contributed by atoms with E-state index in [2.05, 4.69) is 48.2 Å². The number of aliphatic imine (C=N–C) groups is 1. The van der Waals surface area contributed by atoms with Gasteiger partial charge in [-0.1, -0.05) is 18.9 Å². The maximum Gasteiger partial charge on any atom is 0.193 e. The van der Waals surface area contributed by atoms with Crippen LogP contribution in [0.5, 0.6) is 0 Å². The molecule has 3 N–H and O–H groups in total. The molecule has 4 heteroatoms. The highest BCUT2D eigenvalue weighted by molar-refractivity contribution is 5.92. The highest BCUT2D eigenvalue weighted by Crippen LogP contribution is 2.21. The lowest BCUT2D eigenvalue weighted by Crippen LogP contribution is -2.32. The molecule has 0 bridgehead atoms. The summed E-state index contributed by atoms with van der Waals surface area (Å²) in [5.41, 5.74) is 9.50. The minimum Gasteiger partial charge on any atom is -0.370 e. The van der Waals surface area contributed by atoms with Crippen molar-refractivity contribution in [3.63, 3.8) is 0 Å². The van der Waals surface area contributed by atoms with Crippen LogP contribution >= 0.6 is 0 Å². The van der Waals surface area contributed by atoms with Gasteiger partial charge < -0.3 is 16.0 Å². The number of likely N-dealkylation sites (N-methyl/N-ethyl adjacent to an activating group) is 1. The molecule has 0 radical (unpaired) electrons. The molecule has 0 atom stereocenters. The first kappa shape index (κ1) is 15.8. The van der Waals surface area contributed by atoms with Gasteiger partial charge in [0, 0.05) is 18.3 Å². The van der Waals surface area contributed by atoms with Crippen molar-refractivity contribution in [1.82, 2.24) is 4.90 Å². The van der Waals surface area contributed by atoms with Crippen LogP contribution in [-0.2, 0) is 0 Å². The summed E-state index contributed by atoms with van der Waals surface area (Å²) in [6.45, 7) is 5.93. The molecule has 0 aliphatic heterocycles. The summed E-state index contributed by atoms with van der Waals surface area (Å²) in [6.07, 6.45) is 5.40. The Morgan fingerprint density at radius 2 is 2.00 bits per heavy atom. The zero-order chi connectivity index (χ0) is 15.2. The third kappa shape index (κ3) is 4.74. The molecule has 1 aliphatic carbocycles. The fraction of sp³-hybridized carbons (Fsp3) is 0.588. The van der Waals surface area contributed by atoms with Crippen molar-refractivity contribution in [2.75, 3.05) is 25.5 Å². The Balaban J connectivity index is 1.79. The predicted octanol–water partition coefficient (Wildman–Crippen LogP) is 2.90. The lowest BCUT2D eigenvalue weighted by atomic mass is 10.1. The molecule has 1 aliphatic rings. The number of guanidine groups is 1. The summed E-state index contributed by atoms with van der Waals surface area (Å²) in [4.78, 5) is 6.84. The summed E-state index contributed by atoms with van der Waals surface area (Å²) in [6, 6.07) is 6.98. The number of anilines is 1. The van der Waals surface area contributed by atoms with E-state index in [-0.39, 0.29) is 0 Å². The Labute approximate surface area is 128 Å². The van der Waals surface area contributed by atoms with E-state index >= 15 is 0 Å². The van der Waals surface area contributed by atoms with Gasteiger partial charge in [0.2, 0.25) is 0 Å². The standard InChI is InChI=1S/C17H28N4/c1-13-8-9-15(12-14(13)2)20-17(18)19-10-11-21(3)16-6-4-5-7-16/h8-9,12,16H,4-7,10-11H2,1-3H3,(H3,18,19,20). The lowest BCUT2D eigenvalue weighted by molar-refractivity contribution is 0.252. The number of nitrogens with zero attached hydrogens (tertiary/aromatic N) is 2. The van der Waals surface area contributed by atoms with Gasteiger partial charge in [0.05, 0.1) is 6.54 Å². The van der Waals surface area contributed by atoms with Gasteiger partial charge in [-0.2, -0.15) is 0 Å². The monoisotopic (exact) mass is 288 g/mol. The third-order valence-electron chi connectivity index (χ3n) is 4.46. The third-order valence-corrected chi connectivity index (χ3v) is 4.46. The Kier molecular flexibility index (Phi) is 5.62. The number of benzene rings is 1. The van der Waals surface area contributed by atoms with Gasteiger partial charge in [0.15, 0.2) is 5.96 Å². The van der Waals surface area contributed by atoms with Crippen LogP contribution in [0.4, 0.5) is 5.69 Å². The van der Waals surface area contributed by atoms with E-state index in [1.807, 2.05) is 6.07 Å². The van der Waals surface area contributed by atoms with Crippen molar-refractivity contribution < 1.29 is 0 Å². The average Bonchev–Trinajstić information content (AvgIpc) is 2.97. The van der Waals surface area contributed by atoms with Crippen LogP contribution in [-0.4, -0.2) is 37.0 Å². The van der Waals surface area contributed by atoms with Crippen LogP contribution in [0.25, 0.3) is 0 Å². The molecule has 0 amide bonds. The van der Waals surface area contributed by atoms with Crippen molar-refractivity contribution in [3.05, 3.63) is 29.3 Å².